The molecule has 0 saturated carbocycles. The molecule has 0 spiro atoms. The lowest BCUT2D eigenvalue weighted by molar-refractivity contribution is 0.102. The number of halogens is 2. The first-order chi connectivity index (χ1) is 11.1. The summed E-state index contributed by atoms with van der Waals surface area (Å²) in [4.78, 5) is 12.1. The summed E-state index contributed by atoms with van der Waals surface area (Å²) < 4.78 is 19.0. The van der Waals surface area contributed by atoms with Gasteiger partial charge in [-0.15, -0.1) is 10.2 Å². The number of carbonyl (C=O) groups excluding carboxylic acids is 1. The molecule has 0 fully saturated rings. The molecule has 0 aliphatic carbocycles. The Hall–Kier alpha value is -2.18. The number of Topliss-reactive ketones (excluding diaryl/α,β-unsaturated/α-hetero) is 1. The van der Waals surface area contributed by atoms with Crippen molar-refractivity contribution >= 4 is 29.1 Å². The summed E-state index contributed by atoms with van der Waals surface area (Å²) in [5, 5.41) is 8.21. The molecule has 1 aromatic heterocycles. The lowest BCUT2D eigenvalue weighted by atomic mass is 10.1. The van der Waals surface area contributed by atoms with Gasteiger partial charge in [0.15, 0.2) is 5.78 Å². The largest absolute Gasteiger partial charge is 0.411 e. The van der Waals surface area contributed by atoms with Gasteiger partial charge in [0.25, 0.3) is 11.1 Å². The Morgan fingerprint density at radius 2 is 1.87 bits per heavy atom. The van der Waals surface area contributed by atoms with E-state index in [0.29, 0.717) is 10.6 Å². The minimum absolute atomic E-state index is 0.0794. The van der Waals surface area contributed by atoms with Crippen molar-refractivity contribution in [1.82, 2.24) is 10.2 Å². The summed E-state index contributed by atoms with van der Waals surface area (Å²) in [6, 6.07) is 12.9. The van der Waals surface area contributed by atoms with Gasteiger partial charge in [0.1, 0.15) is 5.82 Å². The summed E-state index contributed by atoms with van der Waals surface area (Å²) in [6.07, 6.45) is 0. The first-order valence-corrected chi connectivity index (χ1v) is 8.00. The molecule has 0 saturated heterocycles. The highest BCUT2D eigenvalue weighted by Gasteiger charge is 2.15. The van der Waals surface area contributed by atoms with Gasteiger partial charge in [0.2, 0.25) is 0 Å². The van der Waals surface area contributed by atoms with Gasteiger partial charge in [-0.25, -0.2) is 4.39 Å². The van der Waals surface area contributed by atoms with E-state index in [2.05, 4.69) is 10.2 Å². The van der Waals surface area contributed by atoms with E-state index in [4.69, 9.17) is 16.0 Å². The highest BCUT2D eigenvalue weighted by Crippen LogP contribution is 2.26. The third-order valence-electron chi connectivity index (χ3n) is 3.01. The minimum Gasteiger partial charge on any atom is -0.411 e. The summed E-state index contributed by atoms with van der Waals surface area (Å²) in [5.74, 6) is -0.412. The van der Waals surface area contributed by atoms with Crippen LogP contribution in [0.25, 0.3) is 11.5 Å². The van der Waals surface area contributed by atoms with Crippen LogP contribution in [0.2, 0.25) is 5.02 Å². The Bertz CT molecular complexity index is 853. The van der Waals surface area contributed by atoms with Gasteiger partial charge in [-0.3, -0.25) is 4.79 Å². The molecule has 116 valence electrons. The van der Waals surface area contributed by atoms with Crippen LogP contribution in [0, 0.1) is 5.82 Å². The van der Waals surface area contributed by atoms with Gasteiger partial charge < -0.3 is 4.42 Å². The molecule has 3 rings (SSSR count). The first kappa shape index (κ1) is 15.7. The topological polar surface area (TPSA) is 56.0 Å². The molecule has 7 heteroatoms. The number of ketones is 1. The predicted octanol–water partition coefficient (Wildman–Crippen LogP) is 4.50. The minimum atomic E-state index is -0.445. The molecular formula is C16H10ClFN2O2S. The van der Waals surface area contributed by atoms with E-state index in [0.717, 1.165) is 11.8 Å². The smallest absolute Gasteiger partial charge is 0.277 e. The number of thioether (sulfide) groups is 1. The van der Waals surface area contributed by atoms with E-state index >= 15 is 0 Å². The average Bonchev–Trinajstić information content (AvgIpc) is 3.02. The number of aromatic nitrogens is 2. The number of hydrogen-bond acceptors (Lipinski definition) is 5. The zero-order valence-electron chi connectivity index (χ0n) is 11.7. The molecule has 4 nitrogen and oxygen atoms in total. The van der Waals surface area contributed by atoms with Crippen molar-refractivity contribution in [2.24, 2.45) is 0 Å². The molecule has 2 aromatic carbocycles. The van der Waals surface area contributed by atoms with Crippen molar-refractivity contribution < 1.29 is 13.6 Å². The lowest BCUT2D eigenvalue weighted by Gasteiger charge is -2.01. The van der Waals surface area contributed by atoms with Gasteiger partial charge in [-0.1, -0.05) is 47.6 Å². The first-order valence-electron chi connectivity index (χ1n) is 6.64. The Morgan fingerprint density at radius 3 is 2.65 bits per heavy atom. The molecule has 0 aliphatic heterocycles. The standard InChI is InChI=1S/C16H10ClFN2O2S/c17-12-7-3-1-5-10(12)14(21)9-23-16-20-19-15(22-16)11-6-2-4-8-13(11)18/h1-8H,9H2. The van der Waals surface area contributed by atoms with Gasteiger partial charge in [0.05, 0.1) is 16.3 Å². The van der Waals surface area contributed by atoms with Crippen molar-refractivity contribution in [3.8, 4) is 11.5 Å². The molecule has 0 bridgehead atoms. The summed E-state index contributed by atoms with van der Waals surface area (Å²) in [7, 11) is 0. The van der Waals surface area contributed by atoms with Crippen molar-refractivity contribution in [1.29, 1.82) is 0 Å². The van der Waals surface area contributed by atoms with E-state index in [1.54, 1.807) is 42.5 Å². The number of benzene rings is 2. The highest BCUT2D eigenvalue weighted by molar-refractivity contribution is 7.99. The van der Waals surface area contributed by atoms with Crippen LogP contribution in [-0.2, 0) is 0 Å². The predicted molar refractivity (Wildman–Crippen MR) is 86.2 cm³/mol. The third-order valence-corrected chi connectivity index (χ3v) is 4.16. The van der Waals surface area contributed by atoms with E-state index in [9.17, 15) is 9.18 Å². The summed E-state index contributed by atoms with van der Waals surface area (Å²) >= 11 is 7.06. The van der Waals surface area contributed by atoms with Gasteiger partial charge in [-0.05, 0) is 24.3 Å². The fourth-order valence-corrected chi connectivity index (χ4v) is 2.79. The second-order valence-corrected chi connectivity index (χ2v) is 5.88. The summed E-state index contributed by atoms with van der Waals surface area (Å²) in [6.45, 7) is 0. The Balaban J connectivity index is 1.70. The van der Waals surface area contributed by atoms with Crippen molar-refractivity contribution in [2.45, 2.75) is 5.22 Å². The zero-order valence-corrected chi connectivity index (χ0v) is 13.3. The molecular weight excluding hydrogens is 339 g/mol. The van der Waals surface area contributed by atoms with Gasteiger partial charge in [-0.2, -0.15) is 0 Å². The number of rotatable bonds is 5. The lowest BCUT2D eigenvalue weighted by Crippen LogP contribution is -2.02. The van der Waals surface area contributed by atoms with Crippen LogP contribution in [0.15, 0.2) is 58.2 Å². The number of carbonyl (C=O) groups is 1. The zero-order chi connectivity index (χ0) is 16.2. The van der Waals surface area contributed by atoms with Crippen molar-refractivity contribution in [3.05, 3.63) is 64.9 Å². The highest BCUT2D eigenvalue weighted by atomic mass is 35.5. The fraction of sp³-hybridized carbons (Fsp3) is 0.0625. The van der Waals surface area contributed by atoms with Crippen LogP contribution in [0.5, 0.6) is 0 Å². The Labute approximate surface area is 140 Å². The van der Waals surface area contributed by atoms with Gasteiger partial charge >= 0.3 is 0 Å². The maximum absolute atomic E-state index is 13.7. The molecule has 0 atom stereocenters. The number of nitrogens with zero attached hydrogens (tertiary/aromatic N) is 2. The Morgan fingerprint density at radius 1 is 1.13 bits per heavy atom. The molecule has 0 amide bonds. The van der Waals surface area contributed by atoms with Gasteiger partial charge in [0, 0.05) is 5.56 Å². The van der Waals surface area contributed by atoms with Crippen molar-refractivity contribution in [3.63, 3.8) is 0 Å². The van der Waals surface area contributed by atoms with Crippen LogP contribution in [0.1, 0.15) is 10.4 Å². The molecule has 1 heterocycles. The maximum atomic E-state index is 13.7. The quantitative estimate of drug-likeness (QED) is 0.501. The normalized spacial score (nSPS) is 10.7. The van der Waals surface area contributed by atoms with Crippen LogP contribution in [-0.4, -0.2) is 21.7 Å². The molecule has 0 radical (unpaired) electrons. The average molecular weight is 349 g/mol. The molecule has 0 aliphatic rings. The Kier molecular flexibility index (Phi) is 4.73. The van der Waals surface area contributed by atoms with Crippen LogP contribution in [0.3, 0.4) is 0 Å². The van der Waals surface area contributed by atoms with Crippen molar-refractivity contribution in [2.75, 3.05) is 5.75 Å². The number of hydrogen-bond donors (Lipinski definition) is 0. The van der Waals surface area contributed by atoms with E-state index < -0.39 is 5.82 Å². The van der Waals surface area contributed by atoms with Crippen LogP contribution in [0.4, 0.5) is 4.39 Å². The molecule has 0 N–H and O–H groups in total. The summed E-state index contributed by atoms with van der Waals surface area (Å²) in [5.41, 5.74) is 0.666. The van der Waals surface area contributed by atoms with Crippen LogP contribution >= 0.6 is 23.4 Å². The molecule has 0 unspecified atom stereocenters. The van der Waals surface area contributed by atoms with Crippen LogP contribution < -0.4 is 0 Å². The van der Waals surface area contributed by atoms with E-state index in [1.165, 1.54) is 6.07 Å². The molecule has 23 heavy (non-hydrogen) atoms. The monoisotopic (exact) mass is 348 g/mol. The third kappa shape index (κ3) is 3.60. The second kappa shape index (κ2) is 6.93. The molecule has 3 aromatic rings. The fourth-order valence-electron chi connectivity index (χ4n) is 1.90. The maximum Gasteiger partial charge on any atom is 0.277 e. The van der Waals surface area contributed by atoms with E-state index in [-0.39, 0.29) is 28.2 Å². The second-order valence-electron chi connectivity index (χ2n) is 4.54. The van der Waals surface area contributed by atoms with E-state index in [1.807, 2.05) is 0 Å². The SMILES string of the molecule is O=C(CSc1nnc(-c2ccccc2F)o1)c1ccccc1Cl.